The van der Waals surface area contributed by atoms with E-state index in [0.717, 1.165) is 38.2 Å². The van der Waals surface area contributed by atoms with Gasteiger partial charge in [0.1, 0.15) is 0 Å². The summed E-state index contributed by atoms with van der Waals surface area (Å²) in [6, 6.07) is 0. The molecule has 1 rings (SSSR count). The van der Waals surface area contributed by atoms with Gasteiger partial charge < -0.3 is 9.88 Å². The van der Waals surface area contributed by atoms with E-state index in [2.05, 4.69) is 28.7 Å². The van der Waals surface area contributed by atoms with Crippen LogP contribution in [0.25, 0.3) is 0 Å². The Balaban J connectivity index is 2.18. The minimum Gasteiger partial charge on any atom is -0.337 e. The van der Waals surface area contributed by atoms with E-state index in [-0.39, 0.29) is 5.54 Å². The van der Waals surface area contributed by atoms with Crippen molar-refractivity contribution in [3.8, 4) is 0 Å². The SMILES string of the molecule is CCC(C)(CCCl)NCCCn1ccnc1. The molecule has 0 aliphatic carbocycles. The van der Waals surface area contributed by atoms with E-state index in [1.807, 2.05) is 18.7 Å². The quantitative estimate of drug-likeness (QED) is 0.562. The summed E-state index contributed by atoms with van der Waals surface area (Å²) in [6.45, 7) is 6.50. The summed E-state index contributed by atoms with van der Waals surface area (Å²) in [5.74, 6) is 0.721. The van der Waals surface area contributed by atoms with Crippen molar-refractivity contribution >= 4 is 11.6 Å². The van der Waals surface area contributed by atoms with Gasteiger partial charge in [-0.1, -0.05) is 6.92 Å². The largest absolute Gasteiger partial charge is 0.337 e. The normalized spacial score (nSPS) is 14.9. The molecule has 4 heteroatoms. The van der Waals surface area contributed by atoms with Crippen LogP contribution in [0, 0.1) is 0 Å². The smallest absolute Gasteiger partial charge is 0.0945 e. The van der Waals surface area contributed by atoms with Gasteiger partial charge in [-0.3, -0.25) is 0 Å². The third-order valence-corrected chi connectivity index (χ3v) is 3.32. The van der Waals surface area contributed by atoms with E-state index in [0.29, 0.717) is 0 Å². The number of halogens is 1. The fourth-order valence-electron chi connectivity index (χ4n) is 1.67. The number of aromatic nitrogens is 2. The first-order chi connectivity index (χ1) is 7.70. The number of hydrogen-bond donors (Lipinski definition) is 1. The molecule has 1 atom stereocenters. The zero-order chi connectivity index (χ0) is 11.9. The highest BCUT2D eigenvalue weighted by Crippen LogP contribution is 2.14. The number of alkyl halides is 1. The van der Waals surface area contributed by atoms with Crippen molar-refractivity contribution < 1.29 is 0 Å². The second-order valence-corrected chi connectivity index (χ2v) is 4.81. The Morgan fingerprint density at radius 1 is 1.50 bits per heavy atom. The van der Waals surface area contributed by atoms with E-state index in [9.17, 15) is 0 Å². The highest BCUT2D eigenvalue weighted by Gasteiger charge is 2.19. The van der Waals surface area contributed by atoms with Crippen LogP contribution in [0.2, 0.25) is 0 Å². The molecule has 1 N–H and O–H groups in total. The number of aryl methyl sites for hydroxylation is 1. The summed E-state index contributed by atoms with van der Waals surface area (Å²) >= 11 is 5.81. The molecule has 0 saturated carbocycles. The lowest BCUT2D eigenvalue weighted by Gasteiger charge is -2.29. The fraction of sp³-hybridized carbons (Fsp3) is 0.750. The van der Waals surface area contributed by atoms with Crippen molar-refractivity contribution in [2.24, 2.45) is 0 Å². The molecule has 92 valence electrons. The van der Waals surface area contributed by atoms with Gasteiger partial charge in [0, 0.05) is 30.4 Å². The van der Waals surface area contributed by atoms with Crippen molar-refractivity contribution in [3.63, 3.8) is 0 Å². The second-order valence-electron chi connectivity index (χ2n) is 4.43. The van der Waals surface area contributed by atoms with E-state index in [4.69, 9.17) is 11.6 Å². The van der Waals surface area contributed by atoms with Crippen LogP contribution in [-0.2, 0) is 6.54 Å². The molecule has 0 radical (unpaired) electrons. The van der Waals surface area contributed by atoms with Gasteiger partial charge in [-0.25, -0.2) is 4.98 Å². The van der Waals surface area contributed by atoms with Crippen LogP contribution in [0.1, 0.15) is 33.1 Å². The summed E-state index contributed by atoms with van der Waals surface area (Å²) in [5, 5.41) is 3.59. The predicted molar refractivity (Wildman–Crippen MR) is 68.9 cm³/mol. The predicted octanol–water partition coefficient (Wildman–Crippen LogP) is 2.66. The average molecular weight is 244 g/mol. The van der Waals surface area contributed by atoms with E-state index >= 15 is 0 Å². The minimum atomic E-state index is 0.191. The summed E-state index contributed by atoms with van der Waals surface area (Å²) in [7, 11) is 0. The van der Waals surface area contributed by atoms with Crippen LogP contribution in [-0.4, -0.2) is 27.5 Å². The molecule has 1 heterocycles. The molecule has 0 aromatic carbocycles. The number of hydrogen-bond acceptors (Lipinski definition) is 2. The summed E-state index contributed by atoms with van der Waals surface area (Å²) in [4.78, 5) is 4.02. The molecular formula is C12H22ClN3. The Morgan fingerprint density at radius 3 is 2.88 bits per heavy atom. The van der Waals surface area contributed by atoms with E-state index in [1.165, 1.54) is 0 Å². The Labute approximate surface area is 103 Å². The zero-order valence-corrected chi connectivity index (χ0v) is 11.0. The second kappa shape index (κ2) is 6.92. The van der Waals surface area contributed by atoms with Gasteiger partial charge >= 0.3 is 0 Å². The van der Waals surface area contributed by atoms with Gasteiger partial charge in [0.25, 0.3) is 0 Å². The zero-order valence-electron chi connectivity index (χ0n) is 10.2. The molecular weight excluding hydrogens is 222 g/mol. The first-order valence-corrected chi connectivity index (χ1v) is 6.50. The van der Waals surface area contributed by atoms with Crippen molar-refractivity contribution in [2.75, 3.05) is 12.4 Å². The Kier molecular flexibility index (Phi) is 5.85. The molecule has 0 aliphatic rings. The monoisotopic (exact) mass is 243 g/mol. The van der Waals surface area contributed by atoms with Crippen LogP contribution < -0.4 is 5.32 Å². The molecule has 1 aromatic heterocycles. The van der Waals surface area contributed by atoms with Crippen LogP contribution in [0.5, 0.6) is 0 Å². The number of nitrogens with zero attached hydrogens (tertiary/aromatic N) is 2. The lowest BCUT2D eigenvalue weighted by Crippen LogP contribution is -2.42. The third kappa shape index (κ3) is 4.54. The van der Waals surface area contributed by atoms with Gasteiger partial charge in [0.2, 0.25) is 0 Å². The topological polar surface area (TPSA) is 29.9 Å². The maximum absolute atomic E-state index is 5.81. The summed E-state index contributed by atoms with van der Waals surface area (Å²) in [6.07, 6.45) is 8.93. The molecule has 0 aliphatic heterocycles. The number of nitrogens with one attached hydrogen (secondary N) is 1. The molecule has 0 fully saturated rings. The molecule has 16 heavy (non-hydrogen) atoms. The molecule has 0 amide bonds. The van der Waals surface area contributed by atoms with Crippen molar-refractivity contribution in [1.82, 2.24) is 14.9 Å². The number of rotatable bonds is 8. The first kappa shape index (κ1) is 13.5. The van der Waals surface area contributed by atoms with Crippen LogP contribution in [0.15, 0.2) is 18.7 Å². The third-order valence-electron chi connectivity index (χ3n) is 3.13. The van der Waals surface area contributed by atoms with E-state index < -0.39 is 0 Å². The lowest BCUT2D eigenvalue weighted by molar-refractivity contribution is 0.328. The van der Waals surface area contributed by atoms with Gasteiger partial charge in [-0.2, -0.15) is 0 Å². The average Bonchev–Trinajstić information content (AvgIpc) is 2.78. The van der Waals surface area contributed by atoms with Gasteiger partial charge in [-0.05, 0) is 32.7 Å². The maximum atomic E-state index is 5.81. The molecule has 1 unspecified atom stereocenters. The highest BCUT2D eigenvalue weighted by molar-refractivity contribution is 6.17. The Morgan fingerprint density at radius 2 is 2.31 bits per heavy atom. The van der Waals surface area contributed by atoms with Crippen molar-refractivity contribution in [2.45, 2.75) is 45.2 Å². The van der Waals surface area contributed by atoms with Crippen molar-refractivity contribution in [1.29, 1.82) is 0 Å². The van der Waals surface area contributed by atoms with Gasteiger partial charge in [-0.15, -0.1) is 11.6 Å². The number of imidazole rings is 1. The molecule has 1 aromatic rings. The fourth-order valence-corrected chi connectivity index (χ4v) is 2.09. The first-order valence-electron chi connectivity index (χ1n) is 5.97. The van der Waals surface area contributed by atoms with Crippen LogP contribution >= 0.6 is 11.6 Å². The minimum absolute atomic E-state index is 0.191. The van der Waals surface area contributed by atoms with Gasteiger partial charge in [0.15, 0.2) is 0 Å². The highest BCUT2D eigenvalue weighted by atomic mass is 35.5. The maximum Gasteiger partial charge on any atom is 0.0945 e. The van der Waals surface area contributed by atoms with Crippen molar-refractivity contribution in [3.05, 3.63) is 18.7 Å². The molecule has 0 bridgehead atoms. The molecule has 3 nitrogen and oxygen atoms in total. The Hall–Kier alpha value is -0.540. The van der Waals surface area contributed by atoms with Crippen LogP contribution in [0.3, 0.4) is 0 Å². The van der Waals surface area contributed by atoms with E-state index in [1.54, 1.807) is 0 Å². The van der Waals surface area contributed by atoms with Gasteiger partial charge in [0.05, 0.1) is 6.33 Å². The standard InChI is InChI=1S/C12H22ClN3/c1-3-12(2,5-6-13)15-7-4-9-16-10-8-14-11-16/h8,10-11,15H,3-7,9H2,1-2H3. The summed E-state index contributed by atoms with van der Waals surface area (Å²) in [5.41, 5.74) is 0.191. The Bertz CT molecular complexity index is 274. The summed E-state index contributed by atoms with van der Waals surface area (Å²) < 4.78 is 2.10. The molecule has 0 spiro atoms. The molecule has 0 saturated heterocycles. The lowest BCUT2D eigenvalue weighted by atomic mass is 9.95. The van der Waals surface area contributed by atoms with Crippen LogP contribution in [0.4, 0.5) is 0 Å².